The maximum Gasteiger partial charge on any atom is 0.217 e. The molecule has 1 N–H and O–H groups in total. The van der Waals surface area contributed by atoms with E-state index in [1.165, 1.54) is 205 Å². The van der Waals surface area contributed by atoms with Crippen LogP contribution >= 0.6 is 0 Å². The molecule has 20 saturated carbocycles. The molecule has 0 aromatic carbocycles. The first kappa shape index (κ1) is 118. The van der Waals surface area contributed by atoms with Crippen molar-refractivity contribution < 1.29 is 4.79 Å². The van der Waals surface area contributed by atoms with Crippen LogP contribution in [-0.2, 0) is 4.79 Å². The Balaban J connectivity index is 0.000000131. The molecule has 20 aliphatic rings. The molecule has 20 aliphatic carbocycles. The minimum Gasteiger partial charge on any atom is -0.354 e. The molecule has 1 unspecified atom stereocenters. The average Bonchev–Trinajstić information content (AvgIpc) is 1.47. The van der Waals surface area contributed by atoms with Crippen molar-refractivity contribution in [2.75, 3.05) is 0 Å². The van der Waals surface area contributed by atoms with Gasteiger partial charge in [0.1, 0.15) is 0 Å². The summed E-state index contributed by atoms with van der Waals surface area (Å²) in [5.74, 6) is 39.0. The first-order valence-electron chi connectivity index (χ1n) is 68.5. The highest BCUT2D eigenvalue weighted by molar-refractivity contribution is 5.73. The number of hydrogen-bond acceptors (Lipinski definition) is 1. The predicted octanol–water partition coefficient (Wildman–Crippen LogP) is 43.8. The molecule has 20 rings (SSSR count). The molecule has 45 atom stereocenters. The van der Waals surface area contributed by atoms with Gasteiger partial charge in [-0.3, -0.25) is 4.79 Å². The lowest BCUT2D eigenvalue weighted by Gasteiger charge is -2.61. The Kier molecular flexibility index (Phi) is 39.5. The van der Waals surface area contributed by atoms with E-state index < -0.39 is 0 Å². The van der Waals surface area contributed by atoms with Crippen molar-refractivity contribution in [1.29, 1.82) is 0 Å². The number of rotatable bonds is 29. The molecule has 1 amide bonds. The summed E-state index contributed by atoms with van der Waals surface area (Å²) in [5, 5.41) is 3.25. The predicted molar refractivity (Wildman–Crippen MR) is 633 cm³/mol. The Hall–Kier alpha value is -0.530. The van der Waals surface area contributed by atoms with Gasteiger partial charge < -0.3 is 5.32 Å². The zero-order valence-corrected chi connectivity index (χ0v) is 104. The summed E-state index contributed by atoms with van der Waals surface area (Å²) >= 11 is 0. The van der Waals surface area contributed by atoms with Crippen molar-refractivity contribution in [3.63, 3.8) is 0 Å². The van der Waals surface area contributed by atoms with Crippen LogP contribution in [0, 0.1) is 285 Å². The highest BCUT2D eigenvalue weighted by Crippen LogP contribution is 2.77. The van der Waals surface area contributed by atoms with E-state index in [2.05, 4.69) is 206 Å². The number of nitrogens with one attached hydrogen (secondary N) is 1. The van der Waals surface area contributed by atoms with Gasteiger partial charge in [0.25, 0.3) is 0 Å². The van der Waals surface area contributed by atoms with Crippen molar-refractivity contribution in [3.8, 4) is 0 Å². The van der Waals surface area contributed by atoms with Crippen molar-refractivity contribution >= 4 is 5.91 Å². The zero-order chi connectivity index (χ0) is 105. The molecule has 2 heteroatoms. The highest BCUT2D eigenvalue weighted by atomic mass is 16.1. The number of hydrogen-bond donors (Lipinski definition) is 1. The highest BCUT2D eigenvalue weighted by Gasteiger charge is 2.68. The van der Waals surface area contributed by atoms with Crippen LogP contribution in [0.1, 0.15) is 612 Å². The van der Waals surface area contributed by atoms with Crippen LogP contribution in [0.4, 0.5) is 0 Å². The Labute approximate surface area is 913 Å². The smallest absolute Gasteiger partial charge is 0.217 e. The normalized spacial score (nSPS) is 47.8. The molecule has 146 heavy (non-hydrogen) atoms. The van der Waals surface area contributed by atoms with Crippen LogP contribution in [0.5, 0.6) is 0 Å². The van der Waals surface area contributed by atoms with Gasteiger partial charge >= 0.3 is 0 Å². The number of fused-ring (bicyclic) bond motifs is 25. The molecule has 20 fully saturated rings. The van der Waals surface area contributed by atoms with Gasteiger partial charge in [-0.25, -0.2) is 0 Å². The first-order chi connectivity index (χ1) is 69.2. The van der Waals surface area contributed by atoms with Crippen molar-refractivity contribution in [3.05, 3.63) is 0 Å². The Morgan fingerprint density at radius 2 is 0.459 bits per heavy atom. The summed E-state index contributed by atoms with van der Waals surface area (Å²) in [6, 6.07) is 0.434. The monoisotopic (exact) mass is 2020 g/mol. The average molecular weight is 2020 g/mol. The molecule has 0 aliphatic heterocycles. The minimum absolute atomic E-state index is 0.162. The third kappa shape index (κ3) is 24.0. The van der Waals surface area contributed by atoms with E-state index in [0.29, 0.717) is 60.2 Å². The van der Waals surface area contributed by atoms with Crippen LogP contribution in [0.15, 0.2) is 0 Å². The second kappa shape index (κ2) is 49.0. The summed E-state index contributed by atoms with van der Waals surface area (Å²) in [5.41, 5.74) is 6.58. The summed E-state index contributed by atoms with van der Waals surface area (Å²) in [6.45, 7) is 75.9. The minimum atomic E-state index is 0.162. The topological polar surface area (TPSA) is 29.1 Å². The third-order valence-corrected chi connectivity index (χ3v) is 56.8. The van der Waals surface area contributed by atoms with E-state index in [-0.39, 0.29) is 5.91 Å². The molecule has 0 saturated heterocycles. The Morgan fingerprint density at radius 1 is 0.240 bits per heavy atom. The molecule has 0 spiro atoms. The van der Waals surface area contributed by atoms with E-state index >= 15 is 0 Å². The van der Waals surface area contributed by atoms with E-state index in [1.807, 2.05) is 0 Å². The fraction of sp³-hybridized carbons (Fsp3) is 0.993. The van der Waals surface area contributed by atoms with E-state index in [4.69, 9.17) is 0 Å². The lowest BCUT2D eigenvalue weighted by molar-refractivity contribution is -0.126. The second-order valence-corrected chi connectivity index (χ2v) is 66.3. The number of carbonyl (C=O) groups is 1. The van der Waals surface area contributed by atoms with Gasteiger partial charge in [-0.2, -0.15) is 0 Å². The number of amides is 1. The lowest BCUT2D eigenvalue weighted by atomic mass is 9.44. The zero-order valence-electron chi connectivity index (χ0n) is 104. The SMILES string of the molecule is CC(=O)N[C@@H]1CC[C@@]2(C)[C@@H](CC[C@@H]3[C@@H]2CC[C@]2(C)[C@@H](C(C)CCCC(C)C)CC[C@@H]32)C1.CC(C)CCC[C@@H](C)[C@H]1CC[C@H]2[C@@H]3CC[C@H]4C[C@@H](C)CC[C@]4(C)[C@H]3CC[C@]12C.CC(C)CCC[C@@H](C)[C@H]1CC[C@H]2[C@@H]3CC[C@H]4C[C@H](C)CC[C@]4(C)[C@H]3CC[C@]12C.CCC[C@@H]1CC[C@@]2(C)[C@@H](CC[C@@H]3[C@@H]2CC[C@]2(C)[C@@H]([C@H](C)CCCC(C)C)CC[C@@H]32)C1.CC[C@@H]1CC[C@@]2(C)[C@@H](CC[C@@H]3[C@@H]2CC[C@]2(C)[C@@H]([C@H](C)CCCC(C)C)CC[C@@H]32)C1. The maximum absolute atomic E-state index is 11.6. The van der Waals surface area contributed by atoms with Crippen LogP contribution in [-0.4, -0.2) is 11.9 Å². The lowest BCUT2D eigenvalue weighted by Crippen LogP contribution is -2.55. The van der Waals surface area contributed by atoms with Gasteiger partial charge in [0.05, 0.1) is 0 Å². The van der Waals surface area contributed by atoms with Gasteiger partial charge in [0.15, 0.2) is 0 Å². The van der Waals surface area contributed by atoms with Gasteiger partial charge in [0.2, 0.25) is 5.91 Å². The van der Waals surface area contributed by atoms with Crippen LogP contribution < -0.4 is 5.32 Å². The summed E-state index contributed by atoms with van der Waals surface area (Å²) in [6.07, 6.45) is 94.7. The summed E-state index contributed by atoms with van der Waals surface area (Å²) in [7, 11) is 0. The summed E-state index contributed by atoms with van der Waals surface area (Å²) in [4.78, 5) is 11.6. The van der Waals surface area contributed by atoms with Gasteiger partial charge in [-0.05, 0) is 561 Å². The van der Waals surface area contributed by atoms with Crippen LogP contribution in [0.3, 0.4) is 0 Å². The molecular formula is C144H257NO. The molecule has 0 heterocycles. The van der Waals surface area contributed by atoms with Crippen LogP contribution in [0.2, 0.25) is 0 Å². The first-order valence-corrected chi connectivity index (χ1v) is 68.5. The molecule has 0 radical (unpaired) electrons. The van der Waals surface area contributed by atoms with E-state index in [9.17, 15) is 4.79 Å². The molecule has 0 bridgehead atoms. The molecular weight excluding hydrogens is 1760 g/mol. The fourth-order valence-corrected chi connectivity index (χ4v) is 48.5. The van der Waals surface area contributed by atoms with Gasteiger partial charge in [-0.1, -0.05) is 329 Å². The maximum atomic E-state index is 11.6. The van der Waals surface area contributed by atoms with E-state index in [0.717, 1.165) is 231 Å². The largest absolute Gasteiger partial charge is 0.354 e. The van der Waals surface area contributed by atoms with Crippen molar-refractivity contribution in [2.24, 2.45) is 285 Å². The van der Waals surface area contributed by atoms with E-state index in [1.54, 1.807) is 206 Å². The van der Waals surface area contributed by atoms with Gasteiger partial charge in [-0.15, -0.1) is 0 Å². The fourth-order valence-electron chi connectivity index (χ4n) is 48.5. The summed E-state index contributed by atoms with van der Waals surface area (Å²) < 4.78 is 0. The Bertz CT molecular complexity index is 3890. The quantitative estimate of drug-likeness (QED) is 0.0795. The molecule has 844 valence electrons. The molecule has 2 nitrogen and oxygen atoms in total. The third-order valence-electron chi connectivity index (χ3n) is 56.8. The van der Waals surface area contributed by atoms with Crippen molar-refractivity contribution in [1.82, 2.24) is 5.32 Å². The molecule has 0 aromatic heterocycles. The van der Waals surface area contributed by atoms with Crippen LogP contribution in [0.25, 0.3) is 0 Å². The van der Waals surface area contributed by atoms with Crippen molar-refractivity contribution in [2.45, 2.75) is 618 Å². The Morgan fingerprint density at radius 3 is 0.705 bits per heavy atom. The molecule has 0 aromatic rings. The number of carbonyl (C=O) groups excluding carboxylic acids is 1. The second-order valence-electron chi connectivity index (χ2n) is 66.3. The van der Waals surface area contributed by atoms with Gasteiger partial charge in [0, 0.05) is 13.0 Å². The standard InChI is InChI=1S/C30H54.C29H51NO.C29H52.2C28H50/c1-7-9-23-16-18-29(5)24(20-23)12-13-25-27-15-14-26(22(4)11-8-10-21(2)3)30(27,6)19-17-28(25)29;1-19(2)8-7-9-20(3)25-12-13-26-24-11-10-22-18-23(30-21(4)31)14-16-28(22,5)27(24)15-17-29(25,26)6;1-7-22-15-17-28(5)23(19-22)11-12-24-26-14-13-25(21(4)10-8-9-20(2)3)29(26,6)18-16-27(24)28;2*1-19(2)8-7-9-21(4)24-12-13-25-23-11-10-22-18-20(3)14-16-27(22,5)26(23)15-17-28(24,25)6/h21-28H,7-20H2,1-6H3;19-20,22-27H,7-18H2,1-6H3,(H,30,31);20-27H,7-19H2,1-6H3;2*19-26H,7-18H2,1-6H3/t22-,23-,24+,25+,26-,27+,28+,29+,30-;20?,22-,23+,24-,25+,26-,27-,28-,29+;21-,22-,23+,24+,25-,26+,27+,28+,29-;20-,21+,22-,23-,24+,25-,26-,27-,28+;20-,21-,22+,23+,24-,25+,26+,27+,28-/m10101/s1.